The van der Waals surface area contributed by atoms with Crippen molar-refractivity contribution >= 4 is 16.3 Å². The van der Waals surface area contributed by atoms with Gasteiger partial charge in [-0.05, 0) is 65.3 Å². The summed E-state index contributed by atoms with van der Waals surface area (Å²) in [5.41, 5.74) is 0. The Hall–Kier alpha value is -2.72. The Morgan fingerprint density at radius 3 is 1.58 bits per heavy atom. The van der Waals surface area contributed by atoms with Gasteiger partial charge in [-0.1, -0.05) is 102 Å². The second kappa shape index (κ2) is 15.4. The minimum atomic E-state index is -2.21. The Bertz CT molecular complexity index is 963. The molecule has 0 amide bonds. The third kappa shape index (κ3) is 7.89. The zero-order valence-electron chi connectivity index (χ0n) is 22.0. The summed E-state index contributed by atoms with van der Waals surface area (Å²) < 4.78 is 12.4. The van der Waals surface area contributed by atoms with E-state index in [1.54, 1.807) is 0 Å². The molecule has 194 valence electrons. The van der Waals surface area contributed by atoms with Crippen molar-refractivity contribution in [3.63, 3.8) is 0 Å². The standard InChI is InChI=1S/C32H42O3S/c1-3-5-6-7-8-9-10-11-18-27-34-28-23-25-31(26-24-28)36(35-32(33)4-2,29-19-14-12-15-20-29)30-21-16-13-17-22-30/h12-17,19-26H,3-11,18,27H2,1-2H3. The van der Waals surface area contributed by atoms with E-state index in [1.165, 1.54) is 51.4 Å². The summed E-state index contributed by atoms with van der Waals surface area (Å²) in [5, 5.41) is 0. The fraction of sp³-hybridized carbons (Fsp3) is 0.406. The maximum atomic E-state index is 12.7. The lowest BCUT2D eigenvalue weighted by Crippen LogP contribution is -2.13. The van der Waals surface area contributed by atoms with Crippen LogP contribution in [-0.2, 0) is 8.98 Å². The van der Waals surface area contributed by atoms with Crippen LogP contribution >= 0.6 is 10.3 Å². The Balaban J connectivity index is 1.68. The van der Waals surface area contributed by atoms with Gasteiger partial charge in [0.1, 0.15) is 5.75 Å². The molecule has 0 N–H and O–H groups in total. The van der Waals surface area contributed by atoms with E-state index in [9.17, 15) is 4.79 Å². The summed E-state index contributed by atoms with van der Waals surface area (Å²) in [6.45, 7) is 4.83. The van der Waals surface area contributed by atoms with Crippen LogP contribution in [0.15, 0.2) is 99.6 Å². The topological polar surface area (TPSA) is 35.5 Å². The largest absolute Gasteiger partial charge is 0.494 e. The summed E-state index contributed by atoms with van der Waals surface area (Å²) in [6.07, 6.45) is 12.0. The Morgan fingerprint density at radius 1 is 0.611 bits per heavy atom. The van der Waals surface area contributed by atoms with Gasteiger partial charge in [-0.25, -0.2) is 0 Å². The van der Waals surface area contributed by atoms with Gasteiger partial charge in [-0.15, -0.1) is 0 Å². The van der Waals surface area contributed by atoms with Crippen LogP contribution in [0.25, 0.3) is 0 Å². The van der Waals surface area contributed by atoms with Crippen LogP contribution in [0.3, 0.4) is 0 Å². The molecule has 0 saturated heterocycles. The SMILES string of the molecule is CCCCCCCCCCCOc1ccc(S(OC(=O)CC)(c2ccccc2)c2ccccc2)cc1. The van der Waals surface area contributed by atoms with Crippen molar-refractivity contribution < 1.29 is 13.7 Å². The fourth-order valence-electron chi connectivity index (χ4n) is 4.31. The maximum absolute atomic E-state index is 12.7. The normalized spacial score (nSPS) is 11.7. The van der Waals surface area contributed by atoms with Crippen LogP contribution in [0.1, 0.15) is 78.1 Å². The van der Waals surface area contributed by atoms with Crippen LogP contribution in [0.4, 0.5) is 0 Å². The molecule has 4 heteroatoms. The first-order valence-electron chi connectivity index (χ1n) is 13.6. The van der Waals surface area contributed by atoms with Gasteiger partial charge < -0.3 is 8.92 Å². The number of rotatable bonds is 16. The van der Waals surface area contributed by atoms with Gasteiger partial charge in [0.15, 0.2) is 0 Å². The van der Waals surface area contributed by atoms with Crippen molar-refractivity contribution in [1.29, 1.82) is 0 Å². The molecule has 3 nitrogen and oxygen atoms in total. The van der Waals surface area contributed by atoms with E-state index in [4.69, 9.17) is 8.92 Å². The van der Waals surface area contributed by atoms with E-state index in [0.717, 1.165) is 33.5 Å². The number of hydrogen-bond acceptors (Lipinski definition) is 3. The fourth-order valence-corrected chi connectivity index (χ4v) is 7.41. The van der Waals surface area contributed by atoms with E-state index in [0.29, 0.717) is 6.42 Å². The van der Waals surface area contributed by atoms with E-state index in [-0.39, 0.29) is 5.97 Å². The molecule has 0 aliphatic carbocycles. The molecule has 0 aliphatic rings. The highest BCUT2D eigenvalue weighted by Crippen LogP contribution is 2.69. The Morgan fingerprint density at radius 2 is 1.08 bits per heavy atom. The highest BCUT2D eigenvalue weighted by molar-refractivity contribution is 8.30. The highest BCUT2D eigenvalue weighted by atomic mass is 32.3. The van der Waals surface area contributed by atoms with Crippen LogP contribution in [0, 0.1) is 0 Å². The second-order valence-electron chi connectivity index (χ2n) is 9.14. The van der Waals surface area contributed by atoms with Gasteiger partial charge in [-0.3, -0.25) is 4.79 Å². The first-order chi connectivity index (χ1) is 17.7. The molecule has 0 aromatic heterocycles. The van der Waals surface area contributed by atoms with Gasteiger partial charge in [0.25, 0.3) is 0 Å². The molecule has 0 spiro atoms. The first-order valence-corrected chi connectivity index (χ1v) is 15.1. The number of ether oxygens (including phenoxy) is 1. The number of benzene rings is 3. The third-order valence-electron chi connectivity index (χ3n) is 6.33. The van der Waals surface area contributed by atoms with Gasteiger partial charge in [0, 0.05) is 21.1 Å². The van der Waals surface area contributed by atoms with E-state index >= 15 is 0 Å². The predicted octanol–water partition coefficient (Wildman–Crippen LogP) is 9.75. The lowest BCUT2D eigenvalue weighted by molar-refractivity contribution is -0.133. The number of carbonyl (C=O) groups is 1. The molecular weight excluding hydrogens is 464 g/mol. The van der Waals surface area contributed by atoms with E-state index in [2.05, 4.69) is 43.3 Å². The maximum Gasteiger partial charge on any atom is 0.316 e. The first kappa shape index (κ1) is 27.9. The molecule has 36 heavy (non-hydrogen) atoms. The van der Waals surface area contributed by atoms with Gasteiger partial charge in [0.2, 0.25) is 0 Å². The predicted molar refractivity (Wildman–Crippen MR) is 151 cm³/mol. The Kier molecular flexibility index (Phi) is 11.9. The van der Waals surface area contributed by atoms with Gasteiger partial charge >= 0.3 is 5.97 Å². The zero-order chi connectivity index (χ0) is 25.5. The summed E-state index contributed by atoms with van der Waals surface area (Å²) in [4.78, 5) is 15.7. The number of unbranched alkanes of at least 4 members (excludes halogenated alkanes) is 8. The Labute approximate surface area is 219 Å². The molecule has 0 heterocycles. The lowest BCUT2D eigenvalue weighted by atomic mass is 10.1. The summed E-state index contributed by atoms with van der Waals surface area (Å²) in [7, 11) is -2.21. The number of carbonyl (C=O) groups excluding carboxylic acids is 1. The van der Waals surface area contributed by atoms with Crippen LogP contribution in [-0.4, -0.2) is 12.6 Å². The van der Waals surface area contributed by atoms with Crippen molar-refractivity contribution in [3.8, 4) is 5.75 Å². The molecule has 0 unspecified atom stereocenters. The molecule has 3 aromatic rings. The average Bonchev–Trinajstić information content (AvgIpc) is 2.94. The zero-order valence-corrected chi connectivity index (χ0v) is 22.8. The smallest absolute Gasteiger partial charge is 0.316 e. The average molecular weight is 507 g/mol. The summed E-state index contributed by atoms with van der Waals surface area (Å²) in [6, 6.07) is 28.3. The van der Waals surface area contributed by atoms with Crippen molar-refractivity contribution in [2.24, 2.45) is 0 Å². The van der Waals surface area contributed by atoms with Crippen molar-refractivity contribution in [2.45, 2.75) is 92.7 Å². The number of hydrogen-bond donors (Lipinski definition) is 0. The van der Waals surface area contributed by atoms with Crippen molar-refractivity contribution in [1.82, 2.24) is 0 Å². The van der Waals surface area contributed by atoms with Crippen molar-refractivity contribution in [3.05, 3.63) is 84.9 Å². The molecule has 0 atom stereocenters. The molecule has 0 fully saturated rings. The summed E-state index contributed by atoms with van der Waals surface area (Å²) in [5.74, 6) is 0.651. The summed E-state index contributed by atoms with van der Waals surface area (Å²) >= 11 is 0. The highest BCUT2D eigenvalue weighted by Gasteiger charge is 2.35. The monoisotopic (exact) mass is 506 g/mol. The minimum Gasteiger partial charge on any atom is -0.494 e. The molecule has 3 rings (SSSR count). The molecular formula is C32H42O3S. The van der Waals surface area contributed by atoms with Crippen LogP contribution in [0.5, 0.6) is 5.75 Å². The third-order valence-corrected chi connectivity index (χ3v) is 9.57. The van der Waals surface area contributed by atoms with Gasteiger partial charge in [-0.2, -0.15) is 0 Å². The second-order valence-corrected chi connectivity index (χ2v) is 11.8. The van der Waals surface area contributed by atoms with Crippen LogP contribution < -0.4 is 4.74 Å². The van der Waals surface area contributed by atoms with Gasteiger partial charge in [0.05, 0.1) is 6.61 Å². The van der Waals surface area contributed by atoms with Crippen LogP contribution in [0.2, 0.25) is 0 Å². The van der Waals surface area contributed by atoms with E-state index in [1.807, 2.05) is 55.5 Å². The molecule has 0 saturated carbocycles. The minimum absolute atomic E-state index is 0.205. The molecule has 0 radical (unpaired) electrons. The lowest BCUT2D eigenvalue weighted by Gasteiger charge is -2.39. The molecule has 3 aromatic carbocycles. The molecule has 0 bridgehead atoms. The quantitative estimate of drug-likeness (QED) is 0.181. The van der Waals surface area contributed by atoms with E-state index < -0.39 is 10.3 Å². The van der Waals surface area contributed by atoms with Crippen molar-refractivity contribution in [2.75, 3.05) is 6.61 Å². The molecule has 0 aliphatic heterocycles.